The SMILES string of the molecule is Cc1ccc2oc(-c3cccc(NC(=O)C(C)(C)Oc4ccc(Cl)cc4)c3)nc2c1. The van der Waals surface area contributed by atoms with Crippen LogP contribution in [0.3, 0.4) is 0 Å². The van der Waals surface area contributed by atoms with E-state index in [1.165, 1.54) is 0 Å². The van der Waals surface area contributed by atoms with E-state index in [1.54, 1.807) is 38.1 Å². The fourth-order valence-corrected chi connectivity index (χ4v) is 3.14. The Labute approximate surface area is 179 Å². The zero-order valence-corrected chi connectivity index (χ0v) is 17.7. The molecule has 1 heterocycles. The highest BCUT2D eigenvalue weighted by Crippen LogP contribution is 2.27. The number of hydrogen-bond acceptors (Lipinski definition) is 4. The Bertz CT molecular complexity index is 1210. The number of aryl methyl sites for hydroxylation is 1. The third-order valence-electron chi connectivity index (χ3n) is 4.64. The van der Waals surface area contributed by atoms with Crippen LogP contribution in [0.5, 0.6) is 5.75 Å². The lowest BCUT2D eigenvalue weighted by Gasteiger charge is -2.25. The van der Waals surface area contributed by atoms with Gasteiger partial charge in [0.25, 0.3) is 5.91 Å². The number of oxazole rings is 1. The molecule has 0 aliphatic carbocycles. The summed E-state index contributed by atoms with van der Waals surface area (Å²) < 4.78 is 11.7. The summed E-state index contributed by atoms with van der Waals surface area (Å²) in [6.45, 7) is 5.44. The van der Waals surface area contributed by atoms with E-state index < -0.39 is 5.60 Å². The first-order chi connectivity index (χ1) is 14.3. The predicted octanol–water partition coefficient (Wildman–Crippen LogP) is 6.25. The molecule has 152 valence electrons. The average molecular weight is 421 g/mol. The number of rotatable bonds is 5. The van der Waals surface area contributed by atoms with Gasteiger partial charge in [-0.05, 0) is 80.9 Å². The second-order valence-corrected chi connectivity index (χ2v) is 8.03. The van der Waals surface area contributed by atoms with E-state index in [1.807, 2.05) is 49.4 Å². The standard InChI is InChI=1S/C24H21ClN2O3/c1-15-7-12-21-20(13-15)27-22(29-21)16-5-4-6-18(14-16)26-23(28)24(2,3)30-19-10-8-17(25)9-11-19/h4-14H,1-3H3,(H,26,28). The number of aromatic nitrogens is 1. The topological polar surface area (TPSA) is 64.4 Å². The monoisotopic (exact) mass is 420 g/mol. The quantitative estimate of drug-likeness (QED) is 0.414. The minimum absolute atomic E-state index is 0.275. The number of anilines is 1. The van der Waals surface area contributed by atoms with Gasteiger partial charge in [0.05, 0.1) is 0 Å². The minimum atomic E-state index is -1.08. The average Bonchev–Trinajstić information content (AvgIpc) is 3.13. The molecule has 0 saturated heterocycles. The van der Waals surface area contributed by atoms with Gasteiger partial charge in [-0.1, -0.05) is 23.7 Å². The molecule has 1 aromatic heterocycles. The third-order valence-corrected chi connectivity index (χ3v) is 4.90. The third kappa shape index (κ3) is 4.31. The molecule has 4 rings (SSSR count). The lowest BCUT2D eigenvalue weighted by atomic mass is 10.1. The molecule has 3 aromatic carbocycles. The van der Waals surface area contributed by atoms with Crippen molar-refractivity contribution in [1.29, 1.82) is 0 Å². The predicted molar refractivity (Wildman–Crippen MR) is 119 cm³/mol. The van der Waals surface area contributed by atoms with Crippen LogP contribution in [0.4, 0.5) is 5.69 Å². The van der Waals surface area contributed by atoms with Crippen molar-refractivity contribution >= 4 is 34.3 Å². The normalized spacial score (nSPS) is 11.5. The van der Waals surface area contributed by atoms with Crippen LogP contribution in [0, 0.1) is 6.92 Å². The summed E-state index contributed by atoms with van der Waals surface area (Å²) >= 11 is 5.90. The van der Waals surface area contributed by atoms with E-state index in [-0.39, 0.29) is 5.91 Å². The van der Waals surface area contributed by atoms with E-state index in [9.17, 15) is 4.79 Å². The molecule has 5 nitrogen and oxygen atoms in total. The number of benzene rings is 3. The van der Waals surface area contributed by atoms with E-state index in [2.05, 4.69) is 10.3 Å². The van der Waals surface area contributed by atoms with Crippen LogP contribution in [0.25, 0.3) is 22.6 Å². The summed E-state index contributed by atoms with van der Waals surface area (Å²) in [5.41, 5.74) is 2.96. The number of nitrogens with zero attached hydrogens (tertiary/aromatic N) is 1. The number of ether oxygens (including phenoxy) is 1. The second kappa shape index (κ2) is 7.84. The molecule has 0 aliphatic rings. The van der Waals surface area contributed by atoms with E-state index in [0.29, 0.717) is 22.4 Å². The Morgan fingerprint density at radius 3 is 2.60 bits per heavy atom. The largest absolute Gasteiger partial charge is 0.478 e. The Kier molecular flexibility index (Phi) is 5.22. The fraction of sp³-hybridized carbons (Fsp3) is 0.167. The van der Waals surface area contributed by atoms with Crippen LogP contribution in [-0.4, -0.2) is 16.5 Å². The molecular formula is C24H21ClN2O3. The molecule has 0 spiro atoms. The summed E-state index contributed by atoms with van der Waals surface area (Å²) in [4.78, 5) is 17.4. The number of carbonyl (C=O) groups excluding carboxylic acids is 1. The molecule has 0 radical (unpaired) electrons. The lowest BCUT2D eigenvalue weighted by Crippen LogP contribution is -2.42. The molecule has 30 heavy (non-hydrogen) atoms. The van der Waals surface area contributed by atoms with E-state index in [4.69, 9.17) is 20.8 Å². The van der Waals surface area contributed by atoms with Crippen molar-refractivity contribution in [3.63, 3.8) is 0 Å². The number of nitrogens with one attached hydrogen (secondary N) is 1. The molecule has 0 fully saturated rings. The van der Waals surface area contributed by atoms with E-state index in [0.717, 1.165) is 22.2 Å². The second-order valence-electron chi connectivity index (χ2n) is 7.59. The Morgan fingerprint density at radius 1 is 1.07 bits per heavy atom. The number of carbonyl (C=O) groups is 1. The van der Waals surface area contributed by atoms with E-state index >= 15 is 0 Å². The first kappa shape index (κ1) is 20.0. The van der Waals surface area contributed by atoms with Gasteiger partial charge in [-0.15, -0.1) is 0 Å². The molecule has 4 aromatic rings. The molecule has 1 N–H and O–H groups in total. The Morgan fingerprint density at radius 2 is 1.83 bits per heavy atom. The first-order valence-corrected chi connectivity index (χ1v) is 9.92. The van der Waals surface area contributed by atoms with Crippen LogP contribution in [0.2, 0.25) is 5.02 Å². The van der Waals surface area contributed by atoms with Crippen LogP contribution < -0.4 is 10.1 Å². The first-order valence-electron chi connectivity index (χ1n) is 9.54. The Hall–Kier alpha value is -3.31. The highest BCUT2D eigenvalue weighted by atomic mass is 35.5. The highest BCUT2D eigenvalue weighted by molar-refractivity contribution is 6.30. The van der Waals surface area contributed by atoms with Gasteiger partial charge in [-0.25, -0.2) is 4.98 Å². The van der Waals surface area contributed by atoms with Crippen LogP contribution in [-0.2, 0) is 4.79 Å². The number of halogens is 1. The molecule has 0 bridgehead atoms. The zero-order valence-electron chi connectivity index (χ0n) is 16.9. The van der Waals surface area contributed by atoms with Crippen LogP contribution in [0.15, 0.2) is 71.1 Å². The molecular weight excluding hydrogens is 400 g/mol. The number of fused-ring (bicyclic) bond motifs is 1. The summed E-state index contributed by atoms with van der Waals surface area (Å²) in [7, 11) is 0. The zero-order chi connectivity index (χ0) is 21.3. The van der Waals surface area contributed by atoms with Gasteiger partial charge in [0.2, 0.25) is 5.89 Å². The summed E-state index contributed by atoms with van der Waals surface area (Å²) in [5, 5.41) is 3.51. The molecule has 0 aliphatic heterocycles. The van der Waals surface area contributed by atoms with Crippen molar-refractivity contribution in [1.82, 2.24) is 4.98 Å². The smallest absolute Gasteiger partial charge is 0.267 e. The van der Waals surface area contributed by atoms with Gasteiger partial charge < -0.3 is 14.5 Å². The number of amides is 1. The minimum Gasteiger partial charge on any atom is -0.478 e. The van der Waals surface area contributed by atoms with Crippen molar-refractivity contribution in [2.24, 2.45) is 0 Å². The summed E-state index contributed by atoms with van der Waals surface area (Å²) in [6.07, 6.45) is 0. The van der Waals surface area contributed by atoms with Crippen LogP contribution in [0.1, 0.15) is 19.4 Å². The summed E-state index contributed by atoms with van der Waals surface area (Å²) in [5.74, 6) is 0.793. The Balaban J connectivity index is 1.53. The van der Waals surface area contributed by atoms with Gasteiger partial charge in [-0.2, -0.15) is 0 Å². The molecule has 0 atom stereocenters. The maximum Gasteiger partial charge on any atom is 0.267 e. The van der Waals surface area contributed by atoms with Crippen LogP contribution >= 0.6 is 11.6 Å². The van der Waals surface area contributed by atoms with Crippen molar-refractivity contribution < 1.29 is 13.9 Å². The van der Waals surface area contributed by atoms with Gasteiger partial charge >= 0.3 is 0 Å². The fourth-order valence-electron chi connectivity index (χ4n) is 3.02. The van der Waals surface area contributed by atoms with Crippen molar-refractivity contribution in [2.45, 2.75) is 26.4 Å². The highest BCUT2D eigenvalue weighted by Gasteiger charge is 2.30. The van der Waals surface area contributed by atoms with Crippen molar-refractivity contribution in [3.8, 4) is 17.2 Å². The molecule has 0 saturated carbocycles. The molecule has 6 heteroatoms. The lowest BCUT2D eigenvalue weighted by molar-refractivity contribution is -0.128. The van der Waals surface area contributed by atoms with Gasteiger partial charge in [0, 0.05) is 16.3 Å². The molecule has 1 amide bonds. The molecule has 0 unspecified atom stereocenters. The number of hydrogen-bond donors (Lipinski definition) is 1. The van der Waals surface area contributed by atoms with Crippen molar-refractivity contribution in [2.75, 3.05) is 5.32 Å². The van der Waals surface area contributed by atoms with Crippen molar-refractivity contribution in [3.05, 3.63) is 77.3 Å². The maximum absolute atomic E-state index is 12.8. The maximum atomic E-state index is 12.8. The van der Waals surface area contributed by atoms with Gasteiger partial charge in [0.1, 0.15) is 11.3 Å². The summed E-state index contributed by atoms with van der Waals surface area (Å²) in [6, 6.07) is 20.1. The van der Waals surface area contributed by atoms with Gasteiger partial charge in [-0.3, -0.25) is 4.79 Å². The van der Waals surface area contributed by atoms with Gasteiger partial charge in [0.15, 0.2) is 11.2 Å².